The van der Waals surface area contributed by atoms with Crippen molar-refractivity contribution >= 4 is 44.3 Å². The molecule has 0 atom stereocenters. The van der Waals surface area contributed by atoms with Crippen molar-refractivity contribution in [3.63, 3.8) is 0 Å². The van der Waals surface area contributed by atoms with Crippen LogP contribution < -0.4 is 5.73 Å². The Labute approximate surface area is 135 Å². The number of benzene rings is 2. The van der Waals surface area contributed by atoms with Crippen LogP contribution in [-0.2, 0) is 0 Å². The number of halogens is 2. The Bertz CT molecular complexity index is 852. The summed E-state index contributed by atoms with van der Waals surface area (Å²) in [5, 5.41) is 0.748. The summed E-state index contributed by atoms with van der Waals surface area (Å²) in [6.07, 6.45) is 2.34. The number of nitrogens with zero attached hydrogens (tertiary/aromatic N) is 2. The Hall–Kier alpha value is -1.52. The van der Waals surface area contributed by atoms with Crippen LogP contribution in [-0.4, -0.2) is 9.55 Å². The number of nitrogens with two attached hydrogens (primary N) is 1. The fraction of sp³-hybridized carbons (Fsp3) is 0.188. The van der Waals surface area contributed by atoms with Gasteiger partial charge >= 0.3 is 0 Å². The van der Waals surface area contributed by atoms with E-state index in [1.165, 1.54) is 12.8 Å². The van der Waals surface area contributed by atoms with E-state index in [-0.39, 0.29) is 0 Å². The van der Waals surface area contributed by atoms with Crippen LogP contribution in [0.4, 0.5) is 5.69 Å². The van der Waals surface area contributed by atoms with Gasteiger partial charge in [-0.15, -0.1) is 0 Å². The van der Waals surface area contributed by atoms with Crippen LogP contribution in [0.2, 0.25) is 5.02 Å². The Morgan fingerprint density at radius 3 is 2.81 bits per heavy atom. The van der Waals surface area contributed by atoms with Crippen molar-refractivity contribution in [2.24, 2.45) is 0 Å². The number of imidazole rings is 1. The van der Waals surface area contributed by atoms with Gasteiger partial charge in [0.2, 0.25) is 0 Å². The van der Waals surface area contributed by atoms with Crippen molar-refractivity contribution in [1.82, 2.24) is 9.55 Å². The van der Waals surface area contributed by atoms with Gasteiger partial charge in [0.25, 0.3) is 0 Å². The largest absolute Gasteiger partial charge is 0.399 e. The van der Waals surface area contributed by atoms with Crippen molar-refractivity contribution < 1.29 is 0 Å². The lowest BCUT2D eigenvalue weighted by Gasteiger charge is -2.10. The SMILES string of the molecule is Nc1ccc(Br)c(-c2nc3cccc(Cl)c3n2C2CC2)c1. The predicted molar refractivity (Wildman–Crippen MR) is 90.6 cm³/mol. The monoisotopic (exact) mass is 361 g/mol. The molecule has 0 aliphatic heterocycles. The van der Waals surface area contributed by atoms with E-state index in [1.807, 2.05) is 36.4 Å². The summed E-state index contributed by atoms with van der Waals surface area (Å²) in [7, 11) is 0. The number of nitrogen functional groups attached to an aromatic ring is 1. The van der Waals surface area contributed by atoms with E-state index < -0.39 is 0 Å². The van der Waals surface area contributed by atoms with Crippen LogP contribution in [0.25, 0.3) is 22.4 Å². The molecular formula is C16H13BrClN3. The molecule has 4 rings (SSSR count). The molecule has 0 spiro atoms. The Morgan fingerprint density at radius 1 is 1.24 bits per heavy atom. The minimum atomic E-state index is 0.484. The normalized spacial score (nSPS) is 14.8. The van der Waals surface area contributed by atoms with Crippen molar-refractivity contribution in [3.05, 3.63) is 45.9 Å². The number of fused-ring (bicyclic) bond motifs is 1. The van der Waals surface area contributed by atoms with Gasteiger partial charge in [-0.2, -0.15) is 0 Å². The third kappa shape index (κ3) is 2.14. The smallest absolute Gasteiger partial charge is 0.142 e. The highest BCUT2D eigenvalue weighted by Gasteiger charge is 2.30. The van der Waals surface area contributed by atoms with Crippen LogP contribution in [0.5, 0.6) is 0 Å². The second-order valence-electron chi connectivity index (χ2n) is 5.38. The highest BCUT2D eigenvalue weighted by molar-refractivity contribution is 9.10. The molecule has 2 aromatic carbocycles. The third-order valence-corrected chi connectivity index (χ3v) is 4.80. The van der Waals surface area contributed by atoms with Gasteiger partial charge in [0.1, 0.15) is 5.82 Å². The van der Waals surface area contributed by atoms with E-state index in [1.54, 1.807) is 0 Å². The van der Waals surface area contributed by atoms with Crippen molar-refractivity contribution in [3.8, 4) is 11.4 Å². The molecule has 5 heteroatoms. The predicted octanol–water partition coefficient (Wildman–Crippen LogP) is 5.04. The summed E-state index contributed by atoms with van der Waals surface area (Å²) < 4.78 is 3.25. The second-order valence-corrected chi connectivity index (χ2v) is 6.64. The molecule has 1 aromatic heterocycles. The first-order valence-corrected chi connectivity index (χ1v) is 8.04. The molecule has 0 radical (unpaired) electrons. The van der Waals surface area contributed by atoms with Crippen LogP contribution in [0.1, 0.15) is 18.9 Å². The van der Waals surface area contributed by atoms with Crippen LogP contribution in [0.15, 0.2) is 40.9 Å². The van der Waals surface area contributed by atoms with Crippen LogP contribution >= 0.6 is 27.5 Å². The Kier molecular flexibility index (Phi) is 2.98. The fourth-order valence-electron chi connectivity index (χ4n) is 2.70. The van der Waals surface area contributed by atoms with Crippen molar-refractivity contribution in [2.75, 3.05) is 5.73 Å². The Balaban J connectivity index is 2.07. The zero-order valence-electron chi connectivity index (χ0n) is 11.2. The summed E-state index contributed by atoms with van der Waals surface area (Å²) in [5.41, 5.74) is 9.63. The van der Waals surface area contributed by atoms with E-state index in [0.717, 1.165) is 37.6 Å². The highest BCUT2D eigenvalue weighted by atomic mass is 79.9. The third-order valence-electron chi connectivity index (χ3n) is 3.80. The van der Waals surface area contributed by atoms with Gasteiger partial charge in [-0.3, -0.25) is 0 Å². The zero-order valence-corrected chi connectivity index (χ0v) is 13.5. The first-order chi connectivity index (χ1) is 10.1. The van der Waals surface area contributed by atoms with E-state index >= 15 is 0 Å². The number of anilines is 1. The maximum absolute atomic E-state index is 6.41. The standard InChI is InChI=1S/C16H13BrClN3/c17-12-7-4-9(19)8-11(12)16-20-14-3-1-2-13(18)15(14)21(16)10-5-6-10/h1-4,7-8,10H,5-6,19H2. The molecule has 1 heterocycles. The number of rotatable bonds is 2. The molecule has 1 aliphatic rings. The molecule has 0 bridgehead atoms. The van der Waals surface area contributed by atoms with Crippen LogP contribution in [0, 0.1) is 0 Å². The minimum Gasteiger partial charge on any atom is -0.399 e. The molecule has 1 fully saturated rings. The highest BCUT2D eigenvalue weighted by Crippen LogP contribution is 2.44. The van der Waals surface area contributed by atoms with Gasteiger partial charge in [-0.05, 0) is 43.2 Å². The number of hydrogen-bond acceptors (Lipinski definition) is 2. The second kappa shape index (κ2) is 4.75. The molecule has 0 amide bonds. The lowest BCUT2D eigenvalue weighted by Crippen LogP contribution is -1.99. The minimum absolute atomic E-state index is 0.484. The van der Waals surface area contributed by atoms with Gasteiger partial charge < -0.3 is 10.3 Å². The summed E-state index contributed by atoms with van der Waals surface area (Å²) in [6, 6.07) is 12.1. The molecule has 3 aromatic rings. The summed E-state index contributed by atoms with van der Waals surface area (Å²) in [5.74, 6) is 0.930. The molecule has 1 aliphatic carbocycles. The first kappa shape index (κ1) is 13.2. The number of aromatic nitrogens is 2. The number of para-hydroxylation sites is 1. The first-order valence-electron chi connectivity index (χ1n) is 6.87. The quantitative estimate of drug-likeness (QED) is 0.649. The van der Waals surface area contributed by atoms with E-state index in [9.17, 15) is 0 Å². The molecule has 0 saturated heterocycles. The van der Waals surface area contributed by atoms with E-state index in [0.29, 0.717) is 6.04 Å². The molecule has 3 nitrogen and oxygen atoms in total. The maximum atomic E-state index is 6.41. The van der Waals surface area contributed by atoms with Crippen molar-refractivity contribution in [1.29, 1.82) is 0 Å². The van der Waals surface area contributed by atoms with Crippen LogP contribution in [0.3, 0.4) is 0 Å². The topological polar surface area (TPSA) is 43.8 Å². The van der Waals surface area contributed by atoms with E-state index in [2.05, 4.69) is 20.5 Å². The average Bonchev–Trinajstić information content (AvgIpc) is 3.22. The maximum Gasteiger partial charge on any atom is 0.142 e. The summed E-state index contributed by atoms with van der Waals surface area (Å²) in [6.45, 7) is 0. The molecule has 1 saturated carbocycles. The molecule has 106 valence electrons. The van der Waals surface area contributed by atoms with Gasteiger partial charge in [0.05, 0.1) is 16.1 Å². The molecule has 0 unspecified atom stereocenters. The zero-order chi connectivity index (χ0) is 14.6. The molecular weight excluding hydrogens is 350 g/mol. The number of hydrogen-bond donors (Lipinski definition) is 1. The Morgan fingerprint density at radius 2 is 2.05 bits per heavy atom. The van der Waals surface area contributed by atoms with Gasteiger partial charge in [0, 0.05) is 21.8 Å². The fourth-order valence-corrected chi connectivity index (χ4v) is 3.38. The van der Waals surface area contributed by atoms with Gasteiger partial charge in [-0.25, -0.2) is 4.98 Å². The average molecular weight is 363 g/mol. The lowest BCUT2D eigenvalue weighted by molar-refractivity contribution is 0.775. The van der Waals surface area contributed by atoms with Crippen molar-refractivity contribution in [2.45, 2.75) is 18.9 Å². The summed E-state index contributed by atoms with van der Waals surface area (Å²) in [4.78, 5) is 4.80. The summed E-state index contributed by atoms with van der Waals surface area (Å²) >= 11 is 10.0. The molecule has 21 heavy (non-hydrogen) atoms. The van der Waals surface area contributed by atoms with Gasteiger partial charge in [-0.1, -0.05) is 33.6 Å². The lowest BCUT2D eigenvalue weighted by atomic mass is 10.2. The van der Waals surface area contributed by atoms with E-state index in [4.69, 9.17) is 22.3 Å². The van der Waals surface area contributed by atoms with Gasteiger partial charge in [0.15, 0.2) is 0 Å². The molecule has 2 N–H and O–H groups in total.